The fourth-order valence-electron chi connectivity index (χ4n) is 1.62. The first-order chi connectivity index (χ1) is 11.0. The summed E-state index contributed by atoms with van der Waals surface area (Å²) in [6, 6.07) is 4.80. The summed E-state index contributed by atoms with van der Waals surface area (Å²) in [6.45, 7) is 0. The van der Waals surface area contributed by atoms with Crippen molar-refractivity contribution in [2.45, 2.75) is 4.34 Å². The van der Waals surface area contributed by atoms with Crippen LogP contribution in [0.1, 0.15) is 0 Å². The van der Waals surface area contributed by atoms with Gasteiger partial charge in [0.2, 0.25) is 10.9 Å². The molecule has 0 aliphatic carbocycles. The standard InChI is InChI=1S/C12H7Cl2N5O2S2/c13-6-1-2-8(7(14)3-6)16-9(20)5-22-12-18-19-10(21)4-15-17-11(19)23-12/h1-4H,5H2,(H,16,20). The maximum absolute atomic E-state index is 12.0. The van der Waals surface area contributed by atoms with Gasteiger partial charge in [-0.25, -0.2) is 0 Å². The first-order valence-electron chi connectivity index (χ1n) is 6.12. The number of carbonyl (C=O) groups excluding carboxylic acids is 1. The lowest BCUT2D eigenvalue weighted by Crippen LogP contribution is -2.15. The van der Waals surface area contributed by atoms with Crippen LogP contribution >= 0.6 is 46.3 Å². The maximum Gasteiger partial charge on any atom is 0.293 e. The SMILES string of the molecule is O=C(CSc1nn2c(=O)cnnc2s1)Nc1ccc(Cl)cc1Cl. The molecule has 0 spiro atoms. The number of thioether (sulfide) groups is 1. The lowest BCUT2D eigenvalue weighted by atomic mass is 10.3. The minimum atomic E-state index is -0.365. The number of benzene rings is 1. The topological polar surface area (TPSA) is 89.3 Å². The Morgan fingerprint density at radius 1 is 1.39 bits per heavy atom. The van der Waals surface area contributed by atoms with Crippen molar-refractivity contribution in [3.05, 3.63) is 44.8 Å². The van der Waals surface area contributed by atoms with Crippen molar-refractivity contribution in [2.24, 2.45) is 0 Å². The number of carbonyl (C=O) groups is 1. The van der Waals surface area contributed by atoms with Crippen LogP contribution < -0.4 is 10.9 Å². The van der Waals surface area contributed by atoms with Crippen molar-refractivity contribution in [3.63, 3.8) is 0 Å². The quantitative estimate of drug-likeness (QED) is 0.691. The molecule has 0 bridgehead atoms. The zero-order valence-corrected chi connectivity index (χ0v) is 14.3. The summed E-state index contributed by atoms with van der Waals surface area (Å²) in [6.07, 6.45) is 1.08. The molecular weight excluding hydrogens is 381 g/mol. The molecule has 0 atom stereocenters. The maximum atomic E-state index is 12.0. The minimum Gasteiger partial charge on any atom is -0.324 e. The third kappa shape index (κ3) is 3.81. The summed E-state index contributed by atoms with van der Waals surface area (Å²) >= 11 is 14.2. The molecule has 0 fully saturated rings. The Morgan fingerprint density at radius 3 is 2.96 bits per heavy atom. The van der Waals surface area contributed by atoms with E-state index in [1.807, 2.05) is 0 Å². The van der Waals surface area contributed by atoms with Gasteiger partial charge in [-0.1, -0.05) is 46.3 Å². The number of halogens is 2. The van der Waals surface area contributed by atoms with Crippen molar-refractivity contribution in [3.8, 4) is 0 Å². The van der Waals surface area contributed by atoms with Gasteiger partial charge in [-0.05, 0) is 18.2 Å². The van der Waals surface area contributed by atoms with E-state index in [4.69, 9.17) is 23.2 Å². The predicted octanol–water partition coefficient (Wildman–Crippen LogP) is 2.58. The Bertz CT molecular complexity index is 943. The summed E-state index contributed by atoms with van der Waals surface area (Å²) in [5.74, 6) is -0.141. The Hall–Kier alpha value is -1.68. The Morgan fingerprint density at radius 2 is 2.22 bits per heavy atom. The van der Waals surface area contributed by atoms with Crippen molar-refractivity contribution in [2.75, 3.05) is 11.1 Å². The monoisotopic (exact) mass is 387 g/mol. The molecule has 1 N–H and O–H groups in total. The molecule has 0 aliphatic rings. The van der Waals surface area contributed by atoms with Crippen molar-refractivity contribution in [1.82, 2.24) is 19.8 Å². The van der Waals surface area contributed by atoms with Gasteiger partial charge in [0.1, 0.15) is 6.20 Å². The Labute approximate surface area is 147 Å². The van der Waals surface area contributed by atoms with E-state index in [1.165, 1.54) is 23.1 Å². The number of nitrogens with one attached hydrogen (secondary N) is 1. The van der Waals surface area contributed by atoms with E-state index in [2.05, 4.69) is 20.6 Å². The normalized spacial score (nSPS) is 10.9. The van der Waals surface area contributed by atoms with E-state index in [1.54, 1.807) is 18.2 Å². The molecule has 0 saturated heterocycles. The molecular formula is C12H7Cl2N5O2S2. The molecule has 118 valence electrons. The first kappa shape index (κ1) is 16.2. The van der Waals surface area contributed by atoms with Crippen molar-refractivity contribution < 1.29 is 4.79 Å². The number of rotatable bonds is 4. The molecule has 11 heteroatoms. The average Bonchev–Trinajstić information content (AvgIpc) is 2.93. The second-order valence-electron chi connectivity index (χ2n) is 4.21. The van der Waals surface area contributed by atoms with Crippen LogP contribution in [0, 0.1) is 0 Å². The van der Waals surface area contributed by atoms with Gasteiger partial charge in [-0.15, -0.1) is 10.2 Å². The van der Waals surface area contributed by atoms with Crippen LogP contribution in [0.5, 0.6) is 0 Å². The molecule has 7 nitrogen and oxygen atoms in total. The fourth-order valence-corrected chi connectivity index (χ4v) is 3.76. The van der Waals surface area contributed by atoms with E-state index >= 15 is 0 Å². The van der Waals surface area contributed by atoms with Crippen LogP contribution in [0.15, 0.2) is 33.5 Å². The highest BCUT2D eigenvalue weighted by atomic mass is 35.5. The Kier molecular flexibility index (Phi) is 4.81. The van der Waals surface area contributed by atoms with E-state index < -0.39 is 0 Å². The van der Waals surface area contributed by atoms with Gasteiger partial charge in [0, 0.05) is 5.02 Å². The smallest absolute Gasteiger partial charge is 0.293 e. The minimum absolute atomic E-state index is 0.112. The molecule has 3 aromatic rings. The average molecular weight is 388 g/mol. The predicted molar refractivity (Wildman–Crippen MR) is 90.7 cm³/mol. The molecule has 1 aromatic carbocycles. The van der Waals surface area contributed by atoms with Gasteiger partial charge in [0.25, 0.3) is 5.56 Å². The number of amides is 1. The molecule has 0 aliphatic heterocycles. The molecule has 0 saturated carbocycles. The summed E-state index contributed by atoms with van der Waals surface area (Å²) in [5.41, 5.74) is 0.114. The van der Waals surface area contributed by atoms with Crippen LogP contribution in [-0.2, 0) is 4.79 Å². The second-order valence-corrected chi connectivity index (χ2v) is 7.23. The molecule has 2 aromatic heterocycles. The molecule has 2 heterocycles. The zero-order chi connectivity index (χ0) is 16.4. The third-order valence-corrected chi connectivity index (χ3v) is 5.17. The first-order valence-corrected chi connectivity index (χ1v) is 8.68. The lowest BCUT2D eigenvalue weighted by molar-refractivity contribution is -0.113. The van der Waals surface area contributed by atoms with Crippen molar-refractivity contribution in [1.29, 1.82) is 0 Å². The summed E-state index contributed by atoms with van der Waals surface area (Å²) < 4.78 is 1.69. The summed E-state index contributed by atoms with van der Waals surface area (Å²) in [7, 11) is 0. The molecule has 0 radical (unpaired) electrons. The van der Waals surface area contributed by atoms with E-state index in [0.29, 0.717) is 25.0 Å². The van der Waals surface area contributed by atoms with Crippen LogP contribution in [-0.4, -0.2) is 31.5 Å². The number of hydrogen-bond acceptors (Lipinski definition) is 7. The van der Waals surface area contributed by atoms with Gasteiger partial charge in [-0.3, -0.25) is 9.59 Å². The van der Waals surface area contributed by atoms with Gasteiger partial charge in [0.15, 0.2) is 4.34 Å². The summed E-state index contributed by atoms with van der Waals surface area (Å²) in [5, 5.41) is 15.0. The van der Waals surface area contributed by atoms with Gasteiger partial charge in [0.05, 0.1) is 16.5 Å². The number of aromatic nitrogens is 4. The molecule has 0 unspecified atom stereocenters. The highest BCUT2D eigenvalue weighted by molar-refractivity contribution is 8.01. The Balaban J connectivity index is 1.66. The number of fused-ring (bicyclic) bond motifs is 1. The van der Waals surface area contributed by atoms with Gasteiger partial charge in [-0.2, -0.15) is 9.61 Å². The fraction of sp³-hybridized carbons (Fsp3) is 0.0833. The van der Waals surface area contributed by atoms with E-state index in [-0.39, 0.29) is 17.2 Å². The van der Waals surface area contributed by atoms with Crippen LogP contribution in [0.4, 0.5) is 5.69 Å². The number of hydrogen-bond donors (Lipinski definition) is 1. The summed E-state index contributed by atoms with van der Waals surface area (Å²) in [4.78, 5) is 23.9. The lowest BCUT2D eigenvalue weighted by Gasteiger charge is -2.06. The number of anilines is 1. The van der Waals surface area contributed by atoms with E-state index in [0.717, 1.165) is 10.7 Å². The van der Waals surface area contributed by atoms with Gasteiger partial charge < -0.3 is 5.32 Å². The third-order valence-electron chi connectivity index (χ3n) is 2.59. The van der Waals surface area contributed by atoms with Crippen LogP contribution in [0.3, 0.4) is 0 Å². The molecule has 23 heavy (non-hydrogen) atoms. The number of nitrogens with zero attached hydrogens (tertiary/aromatic N) is 4. The molecule has 3 rings (SSSR count). The second kappa shape index (κ2) is 6.83. The van der Waals surface area contributed by atoms with E-state index in [9.17, 15) is 9.59 Å². The largest absolute Gasteiger partial charge is 0.324 e. The zero-order valence-electron chi connectivity index (χ0n) is 11.2. The highest BCUT2D eigenvalue weighted by Crippen LogP contribution is 2.26. The van der Waals surface area contributed by atoms with Crippen LogP contribution in [0.25, 0.3) is 4.96 Å². The van der Waals surface area contributed by atoms with Crippen molar-refractivity contribution >= 4 is 62.9 Å². The highest BCUT2D eigenvalue weighted by Gasteiger charge is 2.11. The molecule has 1 amide bonds. The van der Waals surface area contributed by atoms with Gasteiger partial charge >= 0.3 is 0 Å². The van der Waals surface area contributed by atoms with Crippen LogP contribution in [0.2, 0.25) is 10.0 Å².